The highest BCUT2D eigenvalue weighted by atomic mass is 16.5. The van der Waals surface area contributed by atoms with Crippen LogP contribution in [0.25, 0.3) is 0 Å². The van der Waals surface area contributed by atoms with Crippen molar-refractivity contribution in [3.63, 3.8) is 0 Å². The Kier molecular flexibility index (Phi) is 9.90. The third-order valence-electron chi connectivity index (χ3n) is 10.0. The molecule has 0 spiro atoms. The van der Waals surface area contributed by atoms with E-state index in [1.165, 1.54) is 0 Å². The number of hydrogen-bond donors (Lipinski definition) is 1. The van der Waals surface area contributed by atoms with Crippen LogP contribution in [0.15, 0.2) is 66.7 Å². The standard InChI is InChI=1S/C39H48N4O5/c1-5-6-18-42(31-12-9-10-27(21-31)26-43(2,3)4)36(44)25-41-24-33(28-14-15-35-29(22-28)17-20-48-35)37(39(46)47)34(41)16-19-40-23-30-11-7-8-13-32(30)38(40)45/h7-15,21-22,33-34,37H,5-6,16-20,23-26H2,1-4H3/p+1/t33-,34+,37-/m1/s1. The Morgan fingerprint density at radius 1 is 1.02 bits per heavy atom. The fourth-order valence-electron chi connectivity index (χ4n) is 7.75. The van der Waals surface area contributed by atoms with Gasteiger partial charge in [-0.1, -0.05) is 55.8 Å². The number of hydrogen-bond acceptors (Lipinski definition) is 5. The molecule has 0 radical (unpaired) electrons. The number of quaternary nitrogens is 1. The van der Waals surface area contributed by atoms with Crippen LogP contribution >= 0.6 is 0 Å². The number of carboxylic acid groups (broad SMARTS) is 1. The van der Waals surface area contributed by atoms with Crippen LogP contribution in [-0.4, -0.2) is 97.1 Å². The number of anilines is 1. The first kappa shape index (κ1) is 33.7. The molecule has 48 heavy (non-hydrogen) atoms. The van der Waals surface area contributed by atoms with E-state index in [9.17, 15) is 19.5 Å². The lowest BCUT2D eigenvalue weighted by Gasteiger charge is -2.31. The van der Waals surface area contributed by atoms with Crippen LogP contribution in [0.4, 0.5) is 5.69 Å². The van der Waals surface area contributed by atoms with Gasteiger partial charge in [-0.25, -0.2) is 0 Å². The molecule has 3 aromatic rings. The minimum absolute atomic E-state index is 0.0206. The summed E-state index contributed by atoms with van der Waals surface area (Å²) in [6.07, 6.45) is 3.08. The quantitative estimate of drug-likeness (QED) is 0.256. The largest absolute Gasteiger partial charge is 0.493 e. The molecule has 254 valence electrons. The number of aliphatic carboxylic acids is 1. The first-order valence-corrected chi connectivity index (χ1v) is 17.3. The van der Waals surface area contributed by atoms with Crippen molar-refractivity contribution in [2.75, 3.05) is 58.8 Å². The van der Waals surface area contributed by atoms with E-state index in [2.05, 4.69) is 51.2 Å². The lowest BCUT2D eigenvalue weighted by molar-refractivity contribution is -0.884. The Morgan fingerprint density at radius 2 is 1.83 bits per heavy atom. The molecule has 3 heterocycles. The van der Waals surface area contributed by atoms with E-state index in [0.29, 0.717) is 44.8 Å². The maximum Gasteiger partial charge on any atom is 0.308 e. The summed E-state index contributed by atoms with van der Waals surface area (Å²) in [6, 6.07) is 21.5. The second-order valence-electron chi connectivity index (χ2n) is 14.6. The molecule has 3 aliphatic rings. The van der Waals surface area contributed by atoms with E-state index < -0.39 is 17.9 Å². The van der Waals surface area contributed by atoms with E-state index in [-0.39, 0.29) is 24.3 Å². The molecule has 0 aromatic heterocycles. The molecule has 3 aliphatic heterocycles. The highest BCUT2D eigenvalue weighted by Gasteiger charge is 2.47. The van der Waals surface area contributed by atoms with E-state index in [4.69, 9.17) is 4.74 Å². The number of rotatable bonds is 13. The van der Waals surface area contributed by atoms with Crippen LogP contribution in [0.3, 0.4) is 0 Å². The molecule has 3 aromatic carbocycles. The van der Waals surface area contributed by atoms with Crippen molar-refractivity contribution in [1.82, 2.24) is 9.80 Å². The van der Waals surface area contributed by atoms with Gasteiger partial charge in [-0.2, -0.15) is 0 Å². The Balaban J connectivity index is 1.28. The number of nitrogens with zero attached hydrogens (tertiary/aromatic N) is 4. The average molecular weight is 654 g/mol. The fourth-order valence-corrected chi connectivity index (χ4v) is 7.75. The molecule has 6 rings (SSSR count). The highest BCUT2D eigenvalue weighted by molar-refractivity contribution is 5.98. The number of carbonyl (C=O) groups excluding carboxylic acids is 2. The van der Waals surface area contributed by atoms with Gasteiger partial charge < -0.3 is 24.1 Å². The van der Waals surface area contributed by atoms with Crippen LogP contribution in [-0.2, 0) is 29.1 Å². The summed E-state index contributed by atoms with van der Waals surface area (Å²) >= 11 is 0. The first-order valence-electron chi connectivity index (χ1n) is 17.3. The fraction of sp³-hybridized carbons (Fsp3) is 0.462. The molecule has 1 saturated heterocycles. The summed E-state index contributed by atoms with van der Waals surface area (Å²) in [6.45, 7) is 5.68. The number of likely N-dealkylation sites (tertiary alicyclic amines) is 1. The predicted octanol–water partition coefficient (Wildman–Crippen LogP) is 5.18. The van der Waals surface area contributed by atoms with E-state index in [1.807, 2.05) is 58.3 Å². The number of carbonyl (C=O) groups is 3. The van der Waals surface area contributed by atoms with Gasteiger partial charge in [-0.3, -0.25) is 19.3 Å². The molecule has 0 saturated carbocycles. The molecular weight excluding hydrogens is 604 g/mol. The molecule has 9 nitrogen and oxygen atoms in total. The van der Waals surface area contributed by atoms with Crippen molar-refractivity contribution in [3.05, 3.63) is 94.5 Å². The zero-order valence-electron chi connectivity index (χ0n) is 28.7. The van der Waals surface area contributed by atoms with E-state index in [0.717, 1.165) is 64.0 Å². The lowest BCUT2D eigenvalue weighted by Crippen LogP contribution is -2.45. The molecule has 1 fully saturated rings. The number of carboxylic acids is 1. The van der Waals surface area contributed by atoms with Gasteiger partial charge in [0, 0.05) is 61.4 Å². The number of benzene rings is 3. The summed E-state index contributed by atoms with van der Waals surface area (Å²) in [5.41, 5.74) is 5.81. The Labute approximate surface area is 284 Å². The van der Waals surface area contributed by atoms with E-state index >= 15 is 0 Å². The molecular formula is C39H49N4O5+. The lowest BCUT2D eigenvalue weighted by atomic mass is 9.83. The van der Waals surface area contributed by atoms with Crippen LogP contribution in [0.2, 0.25) is 0 Å². The molecule has 9 heteroatoms. The molecule has 0 unspecified atom stereocenters. The first-order chi connectivity index (χ1) is 23.0. The SMILES string of the molecule is CCCCN(C(=O)CN1C[C@H](c2ccc3c(c2)CCO3)[C@@H](C(=O)O)[C@@H]1CCN1Cc2ccccc2C1=O)c1cccc(C[N+](C)(C)C)c1. The molecule has 2 amide bonds. The van der Waals surface area contributed by atoms with Gasteiger partial charge in [0.2, 0.25) is 5.91 Å². The number of unbranched alkanes of at least 4 members (excludes halogenated alkanes) is 1. The summed E-state index contributed by atoms with van der Waals surface area (Å²) in [4.78, 5) is 46.5. The third-order valence-corrected chi connectivity index (χ3v) is 10.0. The summed E-state index contributed by atoms with van der Waals surface area (Å²) in [5.74, 6) is -1.09. The maximum atomic E-state index is 14.3. The van der Waals surface area contributed by atoms with Crippen molar-refractivity contribution < 1.29 is 28.7 Å². The Hall–Kier alpha value is -4.21. The monoisotopic (exact) mass is 653 g/mol. The van der Waals surface area contributed by atoms with Gasteiger partial charge in [-0.05, 0) is 53.8 Å². The van der Waals surface area contributed by atoms with Crippen molar-refractivity contribution in [3.8, 4) is 5.75 Å². The van der Waals surface area contributed by atoms with Crippen molar-refractivity contribution in [2.45, 2.75) is 57.7 Å². The van der Waals surface area contributed by atoms with Crippen molar-refractivity contribution in [2.24, 2.45) is 5.92 Å². The highest BCUT2D eigenvalue weighted by Crippen LogP contribution is 2.41. The number of fused-ring (bicyclic) bond motifs is 2. The van der Waals surface area contributed by atoms with Crippen molar-refractivity contribution in [1.29, 1.82) is 0 Å². The number of ether oxygens (including phenoxy) is 1. The molecule has 1 N–H and O–H groups in total. The Bertz CT molecular complexity index is 1670. The van der Waals surface area contributed by atoms with Gasteiger partial charge in [0.25, 0.3) is 5.91 Å². The van der Waals surface area contributed by atoms with Crippen molar-refractivity contribution >= 4 is 23.5 Å². The van der Waals surface area contributed by atoms with Crippen LogP contribution < -0.4 is 9.64 Å². The predicted molar refractivity (Wildman–Crippen MR) is 186 cm³/mol. The van der Waals surface area contributed by atoms with Gasteiger partial charge in [0.1, 0.15) is 12.3 Å². The van der Waals surface area contributed by atoms with Crippen LogP contribution in [0, 0.1) is 5.92 Å². The van der Waals surface area contributed by atoms with Gasteiger partial charge >= 0.3 is 5.97 Å². The minimum Gasteiger partial charge on any atom is -0.493 e. The second-order valence-corrected chi connectivity index (χ2v) is 14.6. The van der Waals surface area contributed by atoms with Gasteiger partial charge in [0.05, 0.1) is 40.2 Å². The van der Waals surface area contributed by atoms with Gasteiger partial charge in [-0.15, -0.1) is 0 Å². The second kappa shape index (κ2) is 14.1. The molecule has 3 atom stereocenters. The third kappa shape index (κ3) is 7.27. The minimum atomic E-state index is -0.872. The normalized spacial score (nSPS) is 20.5. The summed E-state index contributed by atoms with van der Waals surface area (Å²) in [5, 5.41) is 10.7. The van der Waals surface area contributed by atoms with Gasteiger partial charge in [0.15, 0.2) is 0 Å². The number of amides is 2. The smallest absolute Gasteiger partial charge is 0.308 e. The van der Waals surface area contributed by atoms with E-state index in [1.54, 1.807) is 0 Å². The topological polar surface area (TPSA) is 90.4 Å². The summed E-state index contributed by atoms with van der Waals surface area (Å²) < 4.78 is 6.51. The zero-order chi connectivity index (χ0) is 34.0. The average Bonchev–Trinajstić information content (AvgIpc) is 3.75. The molecule has 0 aliphatic carbocycles. The zero-order valence-corrected chi connectivity index (χ0v) is 28.7. The maximum absolute atomic E-state index is 14.3. The molecule has 0 bridgehead atoms. The summed E-state index contributed by atoms with van der Waals surface area (Å²) in [7, 11) is 6.45. The Morgan fingerprint density at radius 3 is 2.58 bits per heavy atom. The van der Waals surface area contributed by atoms with Crippen LogP contribution in [0.1, 0.15) is 64.7 Å². The van der Waals surface area contributed by atoms with Crippen LogP contribution in [0.5, 0.6) is 5.75 Å².